The highest BCUT2D eigenvalue weighted by Gasteiger charge is 2.17. The fraction of sp³-hybridized carbons (Fsp3) is 0.316. The quantitative estimate of drug-likeness (QED) is 0.680. The zero-order chi connectivity index (χ0) is 18.7. The number of nitrogens with zero attached hydrogens (tertiary/aromatic N) is 2. The Kier molecular flexibility index (Phi) is 5.37. The Bertz CT molecular complexity index is 911. The number of carbonyl (C=O) groups excluding carboxylic acids is 1. The van der Waals surface area contributed by atoms with Crippen LogP contribution in [-0.2, 0) is 17.8 Å². The highest BCUT2D eigenvalue weighted by molar-refractivity contribution is 7.18. The van der Waals surface area contributed by atoms with Gasteiger partial charge in [-0.3, -0.25) is 4.79 Å². The Labute approximate surface area is 155 Å². The second-order valence-corrected chi connectivity index (χ2v) is 7.28. The molecule has 1 N–H and O–H groups in total. The second-order valence-electron chi connectivity index (χ2n) is 6.17. The summed E-state index contributed by atoms with van der Waals surface area (Å²) >= 11 is 1.66. The molecule has 3 rings (SSSR count). The third-order valence-corrected chi connectivity index (χ3v) is 5.23. The van der Waals surface area contributed by atoms with E-state index in [4.69, 9.17) is 9.52 Å². The number of aryl methyl sites for hydroxylation is 2. The van der Waals surface area contributed by atoms with Gasteiger partial charge in [-0.15, -0.1) is 11.3 Å². The lowest BCUT2D eigenvalue weighted by molar-refractivity contribution is -0.130. The third-order valence-electron chi connectivity index (χ3n) is 4.14. The Morgan fingerprint density at radius 2 is 2.08 bits per heavy atom. The molecule has 2 heterocycles. The van der Waals surface area contributed by atoms with Crippen molar-refractivity contribution in [2.45, 2.75) is 32.7 Å². The van der Waals surface area contributed by atoms with E-state index in [2.05, 4.69) is 4.98 Å². The minimum Gasteiger partial charge on any atom is -0.478 e. The van der Waals surface area contributed by atoms with Crippen molar-refractivity contribution in [3.63, 3.8) is 0 Å². The predicted octanol–water partition coefficient (Wildman–Crippen LogP) is 3.88. The van der Waals surface area contributed by atoms with Gasteiger partial charge in [-0.25, -0.2) is 9.78 Å². The van der Waals surface area contributed by atoms with Crippen LogP contribution in [-0.4, -0.2) is 33.9 Å². The molecule has 0 aliphatic rings. The summed E-state index contributed by atoms with van der Waals surface area (Å²) in [5.41, 5.74) is 1.13. The topological polar surface area (TPSA) is 83.6 Å². The number of thiazole rings is 1. The number of fused-ring (bicyclic) bond motifs is 1. The minimum absolute atomic E-state index is 0.00274. The molecule has 0 radical (unpaired) electrons. The first-order chi connectivity index (χ1) is 12.4. The monoisotopic (exact) mass is 372 g/mol. The van der Waals surface area contributed by atoms with Gasteiger partial charge in [0.15, 0.2) is 0 Å². The predicted molar refractivity (Wildman–Crippen MR) is 99.4 cm³/mol. The molecule has 6 nitrogen and oxygen atoms in total. The third kappa shape index (κ3) is 4.11. The number of benzene rings is 1. The van der Waals surface area contributed by atoms with Crippen LogP contribution in [0.3, 0.4) is 0 Å². The van der Waals surface area contributed by atoms with E-state index in [1.165, 1.54) is 6.07 Å². The van der Waals surface area contributed by atoms with Crippen LogP contribution in [0, 0.1) is 6.92 Å². The first kappa shape index (κ1) is 18.1. The van der Waals surface area contributed by atoms with Gasteiger partial charge in [-0.2, -0.15) is 0 Å². The van der Waals surface area contributed by atoms with Crippen LogP contribution in [0.5, 0.6) is 0 Å². The molecule has 0 bridgehead atoms. The Hall–Kier alpha value is -2.67. The van der Waals surface area contributed by atoms with Gasteiger partial charge in [0.05, 0.1) is 21.8 Å². The zero-order valence-electron chi connectivity index (χ0n) is 14.7. The summed E-state index contributed by atoms with van der Waals surface area (Å²) in [6.45, 7) is 1.86. The van der Waals surface area contributed by atoms with E-state index in [1.807, 2.05) is 24.3 Å². The number of aromatic carboxylic acids is 1. The molecule has 0 aliphatic carbocycles. The van der Waals surface area contributed by atoms with E-state index in [0.29, 0.717) is 17.9 Å². The minimum atomic E-state index is -1.03. The highest BCUT2D eigenvalue weighted by atomic mass is 32.1. The average Bonchev–Trinajstić information content (AvgIpc) is 3.17. The lowest BCUT2D eigenvalue weighted by atomic mass is 10.2. The number of aromatic nitrogens is 1. The van der Waals surface area contributed by atoms with Crippen molar-refractivity contribution in [3.05, 3.63) is 52.4 Å². The summed E-state index contributed by atoms with van der Waals surface area (Å²) < 4.78 is 6.58. The summed E-state index contributed by atoms with van der Waals surface area (Å²) in [4.78, 5) is 29.5. The van der Waals surface area contributed by atoms with Crippen molar-refractivity contribution in [2.75, 3.05) is 7.05 Å². The standard InChI is InChI=1S/C19H20N2O4S/c1-12-14(19(23)24)10-13(25-12)11-21(2)18(22)9-5-8-17-20-15-6-3-4-7-16(15)26-17/h3-4,6-7,10H,5,8-9,11H2,1-2H3,(H,23,24). The summed E-state index contributed by atoms with van der Waals surface area (Å²) in [6.07, 6.45) is 1.90. The first-order valence-electron chi connectivity index (χ1n) is 8.35. The van der Waals surface area contributed by atoms with Crippen LogP contribution in [0.1, 0.15) is 39.7 Å². The Balaban J connectivity index is 1.51. The second kappa shape index (κ2) is 7.70. The number of para-hydroxylation sites is 1. The number of furan rings is 1. The summed E-state index contributed by atoms with van der Waals surface area (Å²) in [7, 11) is 1.69. The summed E-state index contributed by atoms with van der Waals surface area (Å²) in [5.74, 6) is -0.203. The zero-order valence-corrected chi connectivity index (χ0v) is 15.5. The van der Waals surface area contributed by atoms with Crippen molar-refractivity contribution in [2.24, 2.45) is 0 Å². The van der Waals surface area contributed by atoms with Crippen LogP contribution < -0.4 is 0 Å². The van der Waals surface area contributed by atoms with Crippen molar-refractivity contribution in [1.82, 2.24) is 9.88 Å². The number of hydrogen-bond donors (Lipinski definition) is 1. The molecule has 0 fully saturated rings. The number of hydrogen-bond acceptors (Lipinski definition) is 5. The van der Waals surface area contributed by atoms with Crippen molar-refractivity contribution in [1.29, 1.82) is 0 Å². The molecule has 0 spiro atoms. The van der Waals surface area contributed by atoms with E-state index in [9.17, 15) is 9.59 Å². The van der Waals surface area contributed by atoms with Gasteiger partial charge in [0.25, 0.3) is 0 Å². The number of carbonyl (C=O) groups is 2. The highest BCUT2D eigenvalue weighted by Crippen LogP contribution is 2.23. The molecule has 26 heavy (non-hydrogen) atoms. The largest absolute Gasteiger partial charge is 0.478 e. The molecule has 0 aliphatic heterocycles. The van der Waals surface area contributed by atoms with Crippen molar-refractivity contribution < 1.29 is 19.1 Å². The van der Waals surface area contributed by atoms with Crippen molar-refractivity contribution in [3.8, 4) is 0 Å². The summed E-state index contributed by atoms with van der Waals surface area (Å²) in [6, 6.07) is 9.48. The lowest BCUT2D eigenvalue weighted by Crippen LogP contribution is -2.25. The maximum atomic E-state index is 12.3. The van der Waals surface area contributed by atoms with E-state index < -0.39 is 5.97 Å². The molecular formula is C19H20N2O4S. The molecule has 3 aromatic rings. The molecular weight excluding hydrogens is 352 g/mol. The first-order valence-corrected chi connectivity index (χ1v) is 9.16. The molecule has 0 unspecified atom stereocenters. The van der Waals surface area contributed by atoms with Crippen molar-refractivity contribution >= 4 is 33.4 Å². The van der Waals surface area contributed by atoms with Crippen LogP contribution in [0.4, 0.5) is 0 Å². The maximum Gasteiger partial charge on any atom is 0.339 e. The molecule has 0 atom stereocenters. The van der Waals surface area contributed by atoms with Crippen LogP contribution in [0.2, 0.25) is 0 Å². The number of rotatable bonds is 7. The normalized spacial score (nSPS) is 11.0. The maximum absolute atomic E-state index is 12.3. The molecule has 0 saturated heterocycles. The lowest BCUT2D eigenvalue weighted by Gasteiger charge is -2.15. The molecule has 1 amide bonds. The molecule has 136 valence electrons. The number of carboxylic acid groups (broad SMARTS) is 1. The van der Waals surface area contributed by atoms with Crippen LogP contribution in [0.15, 0.2) is 34.7 Å². The van der Waals surface area contributed by atoms with E-state index in [1.54, 1.807) is 30.2 Å². The SMILES string of the molecule is Cc1oc(CN(C)C(=O)CCCc2nc3ccccc3s2)cc1C(=O)O. The number of carboxylic acids is 1. The molecule has 0 saturated carbocycles. The fourth-order valence-corrected chi connectivity index (χ4v) is 3.77. The van der Waals surface area contributed by atoms with Crippen LogP contribution >= 0.6 is 11.3 Å². The Morgan fingerprint density at radius 1 is 1.31 bits per heavy atom. The number of amides is 1. The van der Waals surface area contributed by atoms with E-state index in [-0.39, 0.29) is 18.0 Å². The van der Waals surface area contributed by atoms with E-state index >= 15 is 0 Å². The van der Waals surface area contributed by atoms with Gasteiger partial charge in [-0.1, -0.05) is 12.1 Å². The fourth-order valence-electron chi connectivity index (χ4n) is 2.76. The van der Waals surface area contributed by atoms with Gasteiger partial charge in [-0.05, 0) is 38.0 Å². The van der Waals surface area contributed by atoms with Gasteiger partial charge in [0, 0.05) is 13.5 Å². The van der Waals surface area contributed by atoms with Gasteiger partial charge in [0.1, 0.15) is 17.1 Å². The van der Waals surface area contributed by atoms with Crippen LogP contribution in [0.25, 0.3) is 10.2 Å². The smallest absolute Gasteiger partial charge is 0.339 e. The Morgan fingerprint density at radius 3 is 2.77 bits per heavy atom. The molecule has 1 aromatic carbocycles. The average molecular weight is 372 g/mol. The molecule has 2 aromatic heterocycles. The summed E-state index contributed by atoms with van der Waals surface area (Å²) in [5, 5.41) is 10.1. The molecule has 7 heteroatoms. The van der Waals surface area contributed by atoms with E-state index in [0.717, 1.165) is 28.1 Å². The van der Waals surface area contributed by atoms with Gasteiger partial charge >= 0.3 is 5.97 Å². The van der Waals surface area contributed by atoms with Gasteiger partial charge in [0.2, 0.25) is 5.91 Å². The van der Waals surface area contributed by atoms with Gasteiger partial charge < -0.3 is 14.4 Å².